The molecule has 0 saturated carbocycles. The van der Waals surface area contributed by atoms with Gasteiger partial charge in [0.2, 0.25) is 5.82 Å². The molecule has 0 bridgehead atoms. The monoisotopic (exact) mass is 200 g/mol. The van der Waals surface area contributed by atoms with E-state index in [1.165, 1.54) is 12.1 Å². The zero-order chi connectivity index (χ0) is 10.6. The van der Waals surface area contributed by atoms with Crippen molar-refractivity contribution in [2.24, 2.45) is 5.90 Å². The fourth-order valence-corrected chi connectivity index (χ4v) is 1.03. The molecule has 0 aromatic heterocycles. The SMILES string of the molecule is NOCCc1ccc(F)c([N+](=O)[O-])c1. The van der Waals surface area contributed by atoms with Gasteiger partial charge in [0.1, 0.15) is 0 Å². The quantitative estimate of drug-likeness (QED) is 0.584. The maximum absolute atomic E-state index is 12.8. The van der Waals surface area contributed by atoms with Crippen LogP contribution in [0, 0.1) is 15.9 Å². The van der Waals surface area contributed by atoms with E-state index in [-0.39, 0.29) is 6.61 Å². The van der Waals surface area contributed by atoms with Crippen LogP contribution in [0.3, 0.4) is 0 Å². The zero-order valence-electron chi connectivity index (χ0n) is 7.27. The van der Waals surface area contributed by atoms with Gasteiger partial charge in [-0.25, -0.2) is 5.90 Å². The second kappa shape index (κ2) is 4.64. The van der Waals surface area contributed by atoms with E-state index in [9.17, 15) is 14.5 Å². The van der Waals surface area contributed by atoms with E-state index in [1.807, 2.05) is 0 Å². The lowest BCUT2D eigenvalue weighted by Gasteiger charge is -2.00. The Morgan fingerprint density at radius 3 is 2.86 bits per heavy atom. The zero-order valence-corrected chi connectivity index (χ0v) is 7.27. The van der Waals surface area contributed by atoms with Crippen molar-refractivity contribution < 1.29 is 14.2 Å². The number of halogens is 1. The summed E-state index contributed by atoms with van der Waals surface area (Å²) >= 11 is 0. The molecule has 0 heterocycles. The smallest absolute Gasteiger partial charge is 0.304 e. The largest absolute Gasteiger partial charge is 0.305 e. The van der Waals surface area contributed by atoms with E-state index in [2.05, 4.69) is 4.84 Å². The van der Waals surface area contributed by atoms with E-state index in [0.717, 1.165) is 6.07 Å². The van der Waals surface area contributed by atoms with Crippen LogP contribution in [0.5, 0.6) is 0 Å². The Balaban J connectivity index is 2.89. The minimum Gasteiger partial charge on any atom is -0.304 e. The summed E-state index contributed by atoms with van der Waals surface area (Å²) in [6.45, 7) is 0.239. The molecule has 2 N–H and O–H groups in total. The first kappa shape index (κ1) is 10.6. The Hall–Kier alpha value is -1.53. The van der Waals surface area contributed by atoms with Crippen molar-refractivity contribution >= 4 is 5.69 Å². The lowest BCUT2D eigenvalue weighted by molar-refractivity contribution is -0.387. The molecule has 0 spiro atoms. The van der Waals surface area contributed by atoms with Gasteiger partial charge in [-0.3, -0.25) is 10.1 Å². The lowest BCUT2D eigenvalue weighted by atomic mass is 10.1. The summed E-state index contributed by atoms with van der Waals surface area (Å²) in [5, 5.41) is 10.4. The van der Waals surface area contributed by atoms with Crippen LogP contribution in [0.1, 0.15) is 5.56 Å². The minimum atomic E-state index is -0.840. The molecule has 5 nitrogen and oxygen atoms in total. The fourth-order valence-electron chi connectivity index (χ4n) is 1.03. The van der Waals surface area contributed by atoms with Crippen LogP contribution < -0.4 is 5.90 Å². The second-order valence-corrected chi connectivity index (χ2v) is 2.66. The van der Waals surface area contributed by atoms with Crippen molar-refractivity contribution in [3.05, 3.63) is 39.7 Å². The summed E-state index contributed by atoms with van der Waals surface area (Å²) in [4.78, 5) is 13.9. The highest BCUT2D eigenvalue weighted by Gasteiger charge is 2.13. The van der Waals surface area contributed by atoms with E-state index >= 15 is 0 Å². The highest BCUT2D eigenvalue weighted by atomic mass is 19.1. The molecule has 0 saturated heterocycles. The highest BCUT2D eigenvalue weighted by Crippen LogP contribution is 2.18. The van der Waals surface area contributed by atoms with Crippen molar-refractivity contribution in [2.45, 2.75) is 6.42 Å². The van der Waals surface area contributed by atoms with Gasteiger partial charge >= 0.3 is 5.69 Å². The number of nitrogens with zero attached hydrogens (tertiary/aromatic N) is 1. The Kier molecular flexibility index (Phi) is 3.49. The number of hydrogen-bond donors (Lipinski definition) is 1. The molecule has 1 aromatic rings. The van der Waals surface area contributed by atoms with Gasteiger partial charge in [-0.05, 0) is 18.1 Å². The average Bonchev–Trinajstić information content (AvgIpc) is 2.16. The molecule has 0 amide bonds. The molecule has 14 heavy (non-hydrogen) atoms. The van der Waals surface area contributed by atoms with Gasteiger partial charge in [0, 0.05) is 6.07 Å². The normalized spacial score (nSPS) is 10.1. The second-order valence-electron chi connectivity index (χ2n) is 2.66. The van der Waals surface area contributed by atoms with E-state index in [4.69, 9.17) is 5.90 Å². The van der Waals surface area contributed by atoms with Crippen molar-refractivity contribution in [1.29, 1.82) is 0 Å². The molecule has 0 radical (unpaired) electrons. The fraction of sp³-hybridized carbons (Fsp3) is 0.250. The van der Waals surface area contributed by atoms with Gasteiger partial charge in [-0.2, -0.15) is 4.39 Å². The maximum Gasteiger partial charge on any atom is 0.305 e. The molecule has 0 aliphatic heterocycles. The van der Waals surface area contributed by atoms with Crippen LogP contribution in [0.15, 0.2) is 18.2 Å². The third kappa shape index (κ3) is 2.48. The maximum atomic E-state index is 12.8. The van der Waals surface area contributed by atoms with Crippen LogP contribution in [-0.4, -0.2) is 11.5 Å². The van der Waals surface area contributed by atoms with Crippen LogP contribution >= 0.6 is 0 Å². The third-order valence-electron chi connectivity index (χ3n) is 1.72. The number of nitro groups is 1. The predicted molar refractivity (Wildman–Crippen MR) is 46.9 cm³/mol. The molecule has 0 aliphatic rings. The summed E-state index contributed by atoms with van der Waals surface area (Å²) in [6, 6.07) is 3.69. The Morgan fingerprint density at radius 2 is 2.29 bits per heavy atom. The molecule has 0 fully saturated rings. The predicted octanol–water partition coefficient (Wildman–Crippen LogP) is 1.17. The standard InChI is InChI=1S/C8H9FN2O3/c9-7-2-1-6(3-4-14-10)5-8(7)11(12)13/h1-2,5H,3-4,10H2. The molecule has 1 rings (SSSR count). The number of nitro benzene ring substituents is 1. The molecule has 0 atom stereocenters. The van der Waals surface area contributed by atoms with Crippen LogP contribution in [0.2, 0.25) is 0 Å². The summed E-state index contributed by atoms with van der Waals surface area (Å²) in [7, 11) is 0. The first-order valence-electron chi connectivity index (χ1n) is 3.89. The molecule has 1 aromatic carbocycles. The summed E-state index contributed by atoms with van der Waals surface area (Å²) in [5.74, 6) is 3.96. The van der Waals surface area contributed by atoms with Crippen molar-refractivity contribution in [3.8, 4) is 0 Å². The average molecular weight is 200 g/mol. The van der Waals surface area contributed by atoms with Gasteiger partial charge in [0.15, 0.2) is 0 Å². The molecular weight excluding hydrogens is 191 g/mol. The summed E-state index contributed by atoms with van der Waals surface area (Å²) in [6.07, 6.45) is 0.414. The van der Waals surface area contributed by atoms with Gasteiger partial charge in [0.05, 0.1) is 11.5 Å². The Bertz CT molecular complexity index is 343. The van der Waals surface area contributed by atoms with Crippen molar-refractivity contribution in [2.75, 3.05) is 6.61 Å². The van der Waals surface area contributed by atoms with Gasteiger partial charge in [-0.15, -0.1) is 0 Å². The lowest BCUT2D eigenvalue weighted by Crippen LogP contribution is -2.04. The van der Waals surface area contributed by atoms with Gasteiger partial charge in [0.25, 0.3) is 0 Å². The minimum absolute atomic E-state index is 0.239. The van der Waals surface area contributed by atoms with Gasteiger partial charge in [-0.1, -0.05) is 6.07 Å². The van der Waals surface area contributed by atoms with Crippen molar-refractivity contribution in [1.82, 2.24) is 0 Å². The molecule has 0 aliphatic carbocycles. The molecule has 6 heteroatoms. The number of hydrogen-bond acceptors (Lipinski definition) is 4. The van der Waals surface area contributed by atoms with Crippen molar-refractivity contribution in [3.63, 3.8) is 0 Å². The van der Waals surface area contributed by atoms with E-state index in [1.54, 1.807) is 0 Å². The molecular formula is C8H9FN2O3. The number of rotatable bonds is 4. The van der Waals surface area contributed by atoms with Crippen LogP contribution in [-0.2, 0) is 11.3 Å². The van der Waals surface area contributed by atoms with Crippen LogP contribution in [0.4, 0.5) is 10.1 Å². The third-order valence-corrected chi connectivity index (χ3v) is 1.72. The number of benzene rings is 1. The highest BCUT2D eigenvalue weighted by molar-refractivity contribution is 5.36. The molecule has 76 valence electrons. The Morgan fingerprint density at radius 1 is 1.57 bits per heavy atom. The van der Waals surface area contributed by atoms with Crippen LogP contribution in [0.25, 0.3) is 0 Å². The van der Waals surface area contributed by atoms with E-state index in [0.29, 0.717) is 12.0 Å². The summed E-state index contributed by atoms with van der Waals surface area (Å²) < 4.78 is 12.8. The number of nitrogens with two attached hydrogens (primary N) is 1. The van der Waals surface area contributed by atoms with Gasteiger partial charge < -0.3 is 4.84 Å². The summed E-state index contributed by atoms with van der Waals surface area (Å²) in [5.41, 5.74) is 0.0862. The topological polar surface area (TPSA) is 78.4 Å². The first-order chi connectivity index (χ1) is 6.65. The molecule has 0 unspecified atom stereocenters. The first-order valence-corrected chi connectivity index (χ1v) is 3.89. The van der Waals surface area contributed by atoms with E-state index < -0.39 is 16.4 Å². The Labute approximate surface area is 79.4 Å².